The van der Waals surface area contributed by atoms with E-state index in [1.807, 2.05) is 11.8 Å². The highest BCUT2D eigenvalue weighted by atomic mass is 32.2. The van der Waals surface area contributed by atoms with Crippen LogP contribution in [0.5, 0.6) is 0 Å². The highest BCUT2D eigenvalue weighted by molar-refractivity contribution is 7.94. The SMILES string of the molecule is CCOCC1CCCN(C(=O)c2ccc(N3C(=O)C(C)CS3(=O)=O)cc2)C1. The Hall–Kier alpha value is -1.93. The summed E-state index contributed by atoms with van der Waals surface area (Å²) in [6.07, 6.45) is 2.00. The first-order valence-electron chi connectivity index (χ1n) is 9.37. The lowest BCUT2D eigenvalue weighted by molar-refractivity contribution is -0.119. The molecule has 2 aliphatic heterocycles. The van der Waals surface area contributed by atoms with Gasteiger partial charge in [0.05, 0.1) is 24.0 Å². The maximum Gasteiger partial charge on any atom is 0.253 e. The molecule has 2 unspecified atom stereocenters. The summed E-state index contributed by atoms with van der Waals surface area (Å²) >= 11 is 0. The topological polar surface area (TPSA) is 84.0 Å². The average Bonchev–Trinajstić information content (AvgIpc) is 2.86. The predicted octanol–water partition coefficient (Wildman–Crippen LogP) is 1.89. The molecule has 2 saturated heterocycles. The highest BCUT2D eigenvalue weighted by Crippen LogP contribution is 2.28. The minimum absolute atomic E-state index is 0.0771. The number of hydrogen-bond donors (Lipinski definition) is 0. The minimum atomic E-state index is -3.63. The van der Waals surface area contributed by atoms with Gasteiger partial charge in [-0.1, -0.05) is 6.92 Å². The maximum atomic E-state index is 12.8. The number of ether oxygens (including phenoxy) is 1. The molecule has 2 fully saturated rings. The highest BCUT2D eigenvalue weighted by Gasteiger charge is 2.42. The molecule has 0 saturated carbocycles. The van der Waals surface area contributed by atoms with Crippen molar-refractivity contribution in [1.82, 2.24) is 4.90 Å². The molecular formula is C19H26N2O5S. The fraction of sp³-hybridized carbons (Fsp3) is 0.579. The standard InChI is InChI=1S/C19H26N2O5S/c1-3-26-12-15-5-4-10-20(11-15)19(23)16-6-8-17(9-7-16)21-18(22)14(2)13-27(21,24)25/h6-9,14-15H,3-5,10-13H2,1-2H3. The summed E-state index contributed by atoms with van der Waals surface area (Å²) in [5.74, 6) is -0.889. The Balaban J connectivity index is 1.72. The first-order valence-corrected chi connectivity index (χ1v) is 11.0. The molecule has 1 aromatic carbocycles. The molecule has 7 nitrogen and oxygen atoms in total. The van der Waals surface area contributed by atoms with Crippen molar-refractivity contribution in [2.45, 2.75) is 26.7 Å². The number of nitrogens with zero attached hydrogens (tertiary/aromatic N) is 2. The van der Waals surface area contributed by atoms with Gasteiger partial charge in [0.25, 0.3) is 5.91 Å². The van der Waals surface area contributed by atoms with Gasteiger partial charge in [-0.05, 0) is 49.9 Å². The second-order valence-electron chi connectivity index (χ2n) is 7.25. The molecule has 0 N–H and O–H groups in total. The van der Waals surface area contributed by atoms with Crippen molar-refractivity contribution in [3.8, 4) is 0 Å². The van der Waals surface area contributed by atoms with Gasteiger partial charge < -0.3 is 9.64 Å². The van der Waals surface area contributed by atoms with Crippen LogP contribution < -0.4 is 4.31 Å². The molecule has 0 bridgehead atoms. The van der Waals surface area contributed by atoms with Crippen molar-refractivity contribution in [2.24, 2.45) is 11.8 Å². The largest absolute Gasteiger partial charge is 0.381 e. The van der Waals surface area contributed by atoms with E-state index in [0.29, 0.717) is 37.8 Å². The van der Waals surface area contributed by atoms with Crippen molar-refractivity contribution in [3.63, 3.8) is 0 Å². The number of sulfonamides is 1. The molecule has 2 aliphatic rings. The van der Waals surface area contributed by atoms with E-state index in [0.717, 1.165) is 17.1 Å². The summed E-state index contributed by atoms with van der Waals surface area (Å²) in [5.41, 5.74) is 0.779. The van der Waals surface area contributed by atoms with Crippen LogP contribution in [0.2, 0.25) is 0 Å². The van der Waals surface area contributed by atoms with Crippen LogP contribution >= 0.6 is 0 Å². The number of likely N-dealkylation sites (tertiary alicyclic amines) is 1. The number of carbonyl (C=O) groups is 2. The molecule has 2 atom stereocenters. The predicted molar refractivity (Wildman–Crippen MR) is 102 cm³/mol. The molecule has 2 heterocycles. The third kappa shape index (κ3) is 4.16. The van der Waals surface area contributed by atoms with E-state index >= 15 is 0 Å². The van der Waals surface area contributed by atoms with Gasteiger partial charge in [0, 0.05) is 25.3 Å². The fourth-order valence-corrected chi connectivity index (χ4v) is 5.50. The maximum absolute atomic E-state index is 12.8. The number of carbonyl (C=O) groups excluding carboxylic acids is 2. The zero-order valence-corrected chi connectivity index (χ0v) is 16.6. The van der Waals surface area contributed by atoms with Gasteiger partial charge in [-0.25, -0.2) is 12.7 Å². The minimum Gasteiger partial charge on any atom is -0.381 e. The Morgan fingerprint density at radius 2 is 1.96 bits per heavy atom. The second-order valence-corrected chi connectivity index (χ2v) is 9.11. The van der Waals surface area contributed by atoms with Crippen molar-refractivity contribution in [2.75, 3.05) is 36.4 Å². The van der Waals surface area contributed by atoms with E-state index in [4.69, 9.17) is 4.74 Å². The van der Waals surface area contributed by atoms with Crippen LogP contribution in [0.25, 0.3) is 0 Å². The lowest BCUT2D eigenvalue weighted by atomic mass is 9.98. The van der Waals surface area contributed by atoms with Gasteiger partial charge in [-0.15, -0.1) is 0 Å². The Labute approximate surface area is 160 Å². The van der Waals surface area contributed by atoms with Gasteiger partial charge >= 0.3 is 0 Å². The molecule has 0 aromatic heterocycles. The number of amides is 2. The molecule has 8 heteroatoms. The molecule has 148 valence electrons. The number of benzene rings is 1. The number of anilines is 1. The third-order valence-electron chi connectivity index (χ3n) is 5.07. The van der Waals surface area contributed by atoms with Crippen LogP contribution in [-0.2, 0) is 19.6 Å². The van der Waals surface area contributed by atoms with Crippen LogP contribution in [0.4, 0.5) is 5.69 Å². The van der Waals surface area contributed by atoms with Gasteiger partial charge in [0.15, 0.2) is 0 Å². The second kappa shape index (κ2) is 7.98. The normalized spacial score (nSPS) is 25.0. The average molecular weight is 394 g/mol. The van der Waals surface area contributed by atoms with Crippen molar-refractivity contribution in [3.05, 3.63) is 29.8 Å². The van der Waals surface area contributed by atoms with E-state index in [1.54, 1.807) is 19.1 Å². The lowest BCUT2D eigenvalue weighted by Gasteiger charge is -2.32. The van der Waals surface area contributed by atoms with Crippen LogP contribution in [0, 0.1) is 11.8 Å². The lowest BCUT2D eigenvalue weighted by Crippen LogP contribution is -2.41. The molecule has 3 rings (SSSR count). The molecule has 0 radical (unpaired) electrons. The zero-order valence-electron chi connectivity index (χ0n) is 15.8. The van der Waals surface area contributed by atoms with Crippen molar-refractivity contribution >= 4 is 27.5 Å². The quantitative estimate of drug-likeness (QED) is 0.761. The summed E-state index contributed by atoms with van der Waals surface area (Å²) in [4.78, 5) is 26.8. The first-order chi connectivity index (χ1) is 12.8. The first kappa shape index (κ1) is 19.8. The van der Waals surface area contributed by atoms with E-state index in [-0.39, 0.29) is 17.3 Å². The van der Waals surface area contributed by atoms with E-state index in [9.17, 15) is 18.0 Å². The van der Waals surface area contributed by atoms with Crippen molar-refractivity contribution < 1.29 is 22.7 Å². The summed E-state index contributed by atoms with van der Waals surface area (Å²) in [6.45, 7) is 6.26. The van der Waals surface area contributed by atoms with Crippen LogP contribution in [0.1, 0.15) is 37.0 Å². The fourth-order valence-electron chi connectivity index (χ4n) is 3.68. The molecule has 0 spiro atoms. The monoisotopic (exact) mass is 394 g/mol. The number of hydrogen-bond acceptors (Lipinski definition) is 5. The zero-order chi connectivity index (χ0) is 19.6. The Bertz CT molecular complexity index is 806. The summed E-state index contributed by atoms with van der Waals surface area (Å²) in [7, 11) is -3.63. The van der Waals surface area contributed by atoms with Gasteiger partial charge in [-0.2, -0.15) is 0 Å². The third-order valence-corrected chi connectivity index (χ3v) is 6.94. The van der Waals surface area contributed by atoms with Gasteiger partial charge in [0.2, 0.25) is 15.9 Å². The van der Waals surface area contributed by atoms with Crippen molar-refractivity contribution in [1.29, 1.82) is 0 Å². The van der Waals surface area contributed by atoms with E-state index < -0.39 is 21.8 Å². The van der Waals surface area contributed by atoms with Crippen LogP contribution in [0.3, 0.4) is 0 Å². The van der Waals surface area contributed by atoms with Gasteiger partial charge in [-0.3, -0.25) is 9.59 Å². The number of piperidine rings is 1. The molecule has 1 aromatic rings. The summed E-state index contributed by atoms with van der Waals surface area (Å²) in [6, 6.07) is 6.25. The number of rotatable bonds is 5. The van der Waals surface area contributed by atoms with E-state index in [2.05, 4.69) is 0 Å². The summed E-state index contributed by atoms with van der Waals surface area (Å²) in [5, 5.41) is 0. The Morgan fingerprint density at radius 3 is 2.56 bits per heavy atom. The Morgan fingerprint density at radius 1 is 1.26 bits per heavy atom. The summed E-state index contributed by atoms with van der Waals surface area (Å²) < 4.78 is 30.7. The molecule has 0 aliphatic carbocycles. The Kier molecular flexibility index (Phi) is 5.86. The van der Waals surface area contributed by atoms with E-state index in [1.165, 1.54) is 12.1 Å². The van der Waals surface area contributed by atoms with Crippen LogP contribution in [-0.4, -0.2) is 57.2 Å². The molecule has 2 amide bonds. The molecular weight excluding hydrogens is 368 g/mol. The van der Waals surface area contributed by atoms with Crippen LogP contribution in [0.15, 0.2) is 24.3 Å². The smallest absolute Gasteiger partial charge is 0.253 e. The van der Waals surface area contributed by atoms with Gasteiger partial charge in [0.1, 0.15) is 0 Å². The molecule has 27 heavy (non-hydrogen) atoms.